The lowest BCUT2D eigenvalue weighted by atomic mass is 10.1. The number of hydroxylamine groups is 1. The van der Waals surface area contributed by atoms with Gasteiger partial charge in [-0.05, 0) is 54.8 Å². The molecule has 1 N–H and O–H groups in total. The van der Waals surface area contributed by atoms with Gasteiger partial charge in [-0.15, -0.1) is 0 Å². The molecule has 1 heterocycles. The average Bonchev–Trinajstić information content (AvgIpc) is 2.79. The molecule has 3 rings (SSSR count). The second-order valence-electron chi connectivity index (χ2n) is 7.46. The molecule has 1 aliphatic rings. The highest BCUT2D eigenvalue weighted by atomic mass is 32.2. The molecule has 1 fully saturated rings. The molecule has 0 radical (unpaired) electrons. The Morgan fingerprint density at radius 2 is 1.50 bits per heavy atom. The molecule has 1 saturated heterocycles. The fraction of sp³-hybridized carbons (Fsp3) is 0.381. The molecule has 0 spiro atoms. The van der Waals surface area contributed by atoms with Crippen molar-refractivity contribution < 1.29 is 26.5 Å². The van der Waals surface area contributed by atoms with Crippen molar-refractivity contribution in [2.45, 2.75) is 35.5 Å². The molecule has 32 heavy (non-hydrogen) atoms. The van der Waals surface area contributed by atoms with Crippen molar-refractivity contribution >= 4 is 31.6 Å². The van der Waals surface area contributed by atoms with Gasteiger partial charge in [0, 0.05) is 25.8 Å². The number of sulfonamides is 2. The number of carbonyl (C=O) groups is 1. The van der Waals surface area contributed by atoms with Gasteiger partial charge in [0.15, 0.2) is 0 Å². The van der Waals surface area contributed by atoms with Crippen LogP contribution >= 0.6 is 0 Å². The smallest absolute Gasteiger partial charge is 0.264 e. The van der Waals surface area contributed by atoms with Crippen LogP contribution in [-0.4, -0.2) is 58.8 Å². The van der Waals surface area contributed by atoms with E-state index in [1.54, 1.807) is 12.1 Å². The summed E-state index contributed by atoms with van der Waals surface area (Å²) >= 11 is 0. The quantitative estimate of drug-likeness (QED) is 0.579. The zero-order valence-electron chi connectivity index (χ0n) is 18.0. The van der Waals surface area contributed by atoms with Crippen molar-refractivity contribution in [3.63, 3.8) is 0 Å². The third-order valence-electron chi connectivity index (χ3n) is 5.27. The Kier molecular flexibility index (Phi) is 7.67. The first-order chi connectivity index (χ1) is 15.1. The van der Waals surface area contributed by atoms with Crippen LogP contribution in [0, 0.1) is 0 Å². The maximum absolute atomic E-state index is 12.7. The number of anilines is 1. The van der Waals surface area contributed by atoms with Crippen LogP contribution in [0.2, 0.25) is 0 Å². The molecule has 0 saturated carbocycles. The highest BCUT2D eigenvalue weighted by Crippen LogP contribution is 2.21. The number of amides is 1. The molecule has 0 aliphatic carbocycles. The first-order valence-electron chi connectivity index (χ1n) is 10.2. The predicted molar refractivity (Wildman–Crippen MR) is 120 cm³/mol. The maximum Gasteiger partial charge on any atom is 0.264 e. The summed E-state index contributed by atoms with van der Waals surface area (Å²) in [6.07, 6.45) is 2.83. The zero-order valence-corrected chi connectivity index (χ0v) is 19.7. The van der Waals surface area contributed by atoms with Crippen molar-refractivity contribution in [1.29, 1.82) is 0 Å². The number of piperidine rings is 1. The average molecular weight is 482 g/mol. The minimum Gasteiger partial charge on any atom is -0.326 e. The lowest BCUT2D eigenvalue weighted by Crippen LogP contribution is -2.35. The van der Waals surface area contributed by atoms with Crippen molar-refractivity contribution in [2.75, 3.05) is 32.6 Å². The number of benzene rings is 2. The van der Waals surface area contributed by atoms with Gasteiger partial charge in [-0.25, -0.2) is 16.8 Å². The number of rotatable bonds is 8. The highest BCUT2D eigenvalue weighted by molar-refractivity contribution is 7.89. The molecular weight excluding hydrogens is 454 g/mol. The SMILES string of the molecule is CON(C)S(=O)(=O)c1ccc(NC(=O)Cc2ccc(S(=O)(=O)N3CCCCC3)cc2)cc1. The summed E-state index contributed by atoms with van der Waals surface area (Å²) in [4.78, 5) is 17.3. The summed E-state index contributed by atoms with van der Waals surface area (Å²) in [5.41, 5.74) is 1.11. The van der Waals surface area contributed by atoms with E-state index in [2.05, 4.69) is 5.32 Å². The Morgan fingerprint density at radius 1 is 0.938 bits per heavy atom. The highest BCUT2D eigenvalue weighted by Gasteiger charge is 2.25. The van der Waals surface area contributed by atoms with Crippen molar-refractivity contribution in [3.05, 3.63) is 54.1 Å². The van der Waals surface area contributed by atoms with Crippen LogP contribution in [-0.2, 0) is 36.1 Å². The van der Waals surface area contributed by atoms with E-state index in [1.807, 2.05) is 0 Å². The van der Waals surface area contributed by atoms with E-state index in [4.69, 9.17) is 4.84 Å². The van der Waals surface area contributed by atoms with Gasteiger partial charge in [0.2, 0.25) is 15.9 Å². The van der Waals surface area contributed by atoms with Crippen LogP contribution in [0.1, 0.15) is 24.8 Å². The Hall–Kier alpha value is -2.31. The normalized spacial score (nSPS) is 15.6. The summed E-state index contributed by atoms with van der Waals surface area (Å²) in [6, 6.07) is 12.0. The van der Waals surface area contributed by atoms with Gasteiger partial charge in [-0.1, -0.05) is 23.0 Å². The lowest BCUT2D eigenvalue weighted by molar-refractivity contribution is -0.115. The monoisotopic (exact) mass is 481 g/mol. The third-order valence-corrected chi connectivity index (χ3v) is 8.88. The number of hydrogen-bond donors (Lipinski definition) is 1. The van der Waals surface area contributed by atoms with E-state index >= 15 is 0 Å². The molecule has 1 amide bonds. The van der Waals surface area contributed by atoms with Gasteiger partial charge in [0.1, 0.15) is 0 Å². The molecule has 2 aromatic rings. The number of hydrogen-bond acceptors (Lipinski definition) is 6. The minimum atomic E-state index is -3.76. The molecule has 11 heteroatoms. The summed E-state index contributed by atoms with van der Waals surface area (Å²) in [7, 11) is -4.73. The Morgan fingerprint density at radius 3 is 2.06 bits per heavy atom. The fourth-order valence-electron chi connectivity index (χ4n) is 3.38. The van der Waals surface area contributed by atoms with E-state index in [-0.39, 0.29) is 22.1 Å². The van der Waals surface area contributed by atoms with Gasteiger partial charge >= 0.3 is 0 Å². The molecule has 1 aliphatic heterocycles. The van der Waals surface area contributed by atoms with Crippen molar-refractivity contribution in [1.82, 2.24) is 8.77 Å². The van der Waals surface area contributed by atoms with Crippen LogP contribution in [0.15, 0.2) is 58.3 Å². The molecular formula is C21H27N3O6S2. The lowest BCUT2D eigenvalue weighted by Gasteiger charge is -2.25. The topological polar surface area (TPSA) is 113 Å². The van der Waals surface area contributed by atoms with Crippen LogP contribution in [0.3, 0.4) is 0 Å². The van der Waals surface area contributed by atoms with Gasteiger partial charge in [-0.3, -0.25) is 9.63 Å². The predicted octanol–water partition coefficient (Wildman–Crippen LogP) is 2.22. The Balaban J connectivity index is 1.62. The molecule has 0 atom stereocenters. The summed E-state index contributed by atoms with van der Waals surface area (Å²) in [5.74, 6) is -0.304. The van der Waals surface area contributed by atoms with E-state index in [1.165, 1.54) is 54.9 Å². The molecule has 0 unspecified atom stereocenters. The Labute approximate surface area is 189 Å². The van der Waals surface area contributed by atoms with Crippen LogP contribution in [0.25, 0.3) is 0 Å². The second-order valence-corrected chi connectivity index (χ2v) is 11.3. The first-order valence-corrected chi connectivity index (χ1v) is 13.0. The van der Waals surface area contributed by atoms with Crippen molar-refractivity contribution in [2.24, 2.45) is 0 Å². The summed E-state index contributed by atoms with van der Waals surface area (Å²) < 4.78 is 52.1. The number of nitrogens with one attached hydrogen (secondary N) is 1. The van der Waals surface area contributed by atoms with Gasteiger partial charge in [0.05, 0.1) is 23.3 Å². The number of carbonyl (C=O) groups excluding carboxylic acids is 1. The van der Waals surface area contributed by atoms with E-state index < -0.39 is 20.0 Å². The van der Waals surface area contributed by atoms with E-state index in [0.717, 1.165) is 23.7 Å². The first kappa shape index (κ1) is 24.3. The third kappa shape index (κ3) is 5.54. The summed E-state index contributed by atoms with van der Waals surface area (Å²) in [6.45, 7) is 1.07. The largest absolute Gasteiger partial charge is 0.326 e. The van der Waals surface area contributed by atoms with Crippen molar-refractivity contribution in [3.8, 4) is 0 Å². The maximum atomic E-state index is 12.7. The molecule has 174 valence electrons. The summed E-state index contributed by atoms with van der Waals surface area (Å²) in [5, 5.41) is 2.70. The molecule has 0 bridgehead atoms. The second kappa shape index (κ2) is 10.1. The molecule has 2 aromatic carbocycles. The molecule has 0 aromatic heterocycles. The van der Waals surface area contributed by atoms with Crippen LogP contribution < -0.4 is 5.32 Å². The van der Waals surface area contributed by atoms with Crippen LogP contribution in [0.5, 0.6) is 0 Å². The minimum absolute atomic E-state index is 0.0327. The molecule has 9 nitrogen and oxygen atoms in total. The standard InChI is InChI=1S/C21H27N3O6S2/c1-23(30-2)31(26,27)19-12-8-18(9-13-19)22-21(25)16-17-6-10-20(11-7-17)32(28,29)24-14-4-3-5-15-24/h6-13H,3-5,14-16H2,1-2H3,(H,22,25). The van der Waals surface area contributed by atoms with E-state index in [0.29, 0.717) is 24.3 Å². The van der Waals surface area contributed by atoms with Gasteiger partial charge in [0.25, 0.3) is 10.0 Å². The fourth-order valence-corrected chi connectivity index (χ4v) is 5.87. The number of nitrogens with zero attached hydrogens (tertiary/aromatic N) is 2. The van der Waals surface area contributed by atoms with E-state index in [9.17, 15) is 21.6 Å². The van der Waals surface area contributed by atoms with Gasteiger partial charge < -0.3 is 5.32 Å². The Bertz CT molecular complexity index is 1140. The van der Waals surface area contributed by atoms with Gasteiger partial charge in [-0.2, -0.15) is 4.31 Å². The van der Waals surface area contributed by atoms with Crippen LogP contribution in [0.4, 0.5) is 5.69 Å². The zero-order chi connectivity index (χ0) is 23.4.